The Morgan fingerprint density at radius 1 is 1.33 bits per heavy atom. The summed E-state index contributed by atoms with van der Waals surface area (Å²) in [6.07, 6.45) is -4.28. The van der Waals surface area contributed by atoms with E-state index in [1.165, 1.54) is 18.2 Å². The van der Waals surface area contributed by atoms with Crippen molar-refractivity contribution < 1.29 is 27.5 Å². The van der Waals surface area contributed by atoms with Crippen LogP contribution in [0.3, 0.4) is 0 Å². The predicted molar refractivity (Wildman–Crippen MR) is 91.2 cm³/mol. The second-order valence-corrected chi connectivity index (χ2v) is 5.85. The summed E-state index contributed by atoms with van der Waals surface area (Å²) in [5.41, 5.74) is 4.80. The smallest absolute Gasteiger partial charge is 0.419 e. The van der Waals surface area contributed by atoms with Crippen LogP contribution >= 0.6 is 0 Å². The molecule has 0 spiro atoms. The van der Waals surface area contributed by atoms with Gasteiger partial charge in [-0.3, -0.25) is 4.79 Å². The van der Waals surface area contributed by atoms with Gasteiger partial charge in [-0.05, 0) is 19.1 Å². The van der Waals surface area contributed by atoms with Gasteiger partial charge in [0, 0.05) is 12.5 Å². The maximum atomic E-state index is 12.9. The Morgan fingerprint density at radius 3 is 2.67 bits per heavy atom. The van der Waals surface area contributed by atoms with Crippen molar-refractivity contribution in [2.45, 2.75) is 25.6 Å². The SMILES string of the molecule is C=C1NC(=O)NC(C(=O)N[C@H](C)CCOc2ccccc2C(F)(F)F)=C1N. The van der Waals surface area contributed by atoms with E-state index >= 15 is 0 Å². The van der Waals surface area contributed by atoms with Gasteiger partial charge in [-0.2, -0.15) is 13.2 Å². The Bertz CT molecular complexity index is 790. The van der Waals surface area contributed by atoms with E-state index in [0.29, 0.717) is 0 Å². The molecule has 1 atom stereocenters. The highest BCUT2D eigenvalue weighted by Gasteiger charge is 2.34. The molecular formula is C17H19F3N4O3. The van der Waals surface area contributed by atoms with Crippen molar-refractivity contribution in [3.8, 4) is 5.75 Å². The molecule has 5 N–H and O–H groups in total. The van der Waals surface area contributed by atoms with Crippen LogP contribution in [0.4, 0.5) is 18.0 Å². The average molecular weight is 384 g/mol. The molecular weight excluding hydrogens is 365 g/mol. The van der Waals surface area contributed by atoms with Gasteiger partial charge in [0.25, 0.3) is 5.91 Å². The zero-order valence-corrected chi connectivity index (χ0v) is 14.4. The lowest BCUT2D eigenvalue weighted by molar-refractivity contribution is -0.139. The predicted octanol–water partition coefficient (Wildman–Crippen LogP) is 1.98. The highest BCUT2D eigenvalue weighted by Crippen LogP contribution is 2.35. The van der Waals surface area contributed by atoms with E-state index in [9.17, 15) is 22.8 Å². The average Bonchev–Trinajstić information content (AvgIpc) is 2.57. The van der Waals surface area contributed by atoms with Gasteiger partial charge >= 0.3 is 12.2 Å². The maximum Gasteiger partial charge on any atom is 0.419 e. The molecule has 2 rings (SSSR count). The Balaban J connectivity index is 1.91. The van der Waals surface area contributed by atoms with E-state index in [2.05, 4.69) is 22.5 Å². The van der Waals surface area contributed by atoms with Crippen molar-refractivity contribution in [2.75, 3.05) is 6.61 Å². The van der Waals surface area contributed by atoms with Gasteiger partial charge < -0.3 is 26.4 Å². The third-order valence-corrected chi connectivity index (χ3v) is 3.70. The lowest BCUT2D eigenvalue weighted by Gasteiger charge is -2.22. The molecule has 1 aliphatic rings. The maximum absolute atomic E-state index is 12.9. The van der Waals surface area contributed by atoms with E-state index in [1.54, 1.807) is 6.92 Å². The standard InChI is InChI=1S/C17H19F3N4O3/c1-9(22-15(25)14-13(21)10(2)23-16(26)24-14)7-8-27-12-6-4-3-5-11(12)17(18,19)20/h3-6,9H,2,7-8,21H2,1H3,(H,22,25)(H2,23,24,26)/t9-/m1/s1. The van der Waals surface area contributed by atoms with Crippen LogP contribution < -0.4 is 26.4 Å². The summed E-state index contributed by atoms with van der Waals surface area (Å²) < 4.78 is 43.9. The van der Waals surface area contributed by atoms with Gasteiger partial charge in [-0.1, -0.05) is 18.7 Å². The van der Waals surface area contributed by atoms with E-state index in [1.807, 2.05) is 0 Å². The van der Waals surface area contributed by atoms with Crippen LogP contribution in [0.15, 0.2) is 47.9 Å². The van der Waals surface area contributed by atoms with Gasteiger partial charge in [-0.15, -0.1) is 0 Å². The normalized spacial score (nSPS) is 15.7. The Kier molecular flexibility index (Phi) is 5.98. The molecule has 0 saturated carbocycles. The summed E-state index contributed by atoms with van der Waals surface area (Å²) in [6.45, 7) is 5.11. The molecule has 0 fully saturated rings. The second-order valence-electron chi connectivity index (χ2n) is 5.85. The second kappa shape index (κ2) is 8.02. The number of alkyl halides is 3. The highest BCUT2D eigenvalue weighted by atomic mass is 19.4. The van der Waals surface area contributed by atoms with E-state index in [0.717, 1.165) is 6.07 Å². The Labute approximate surface area is 153 Å². The van der Waals surface area contributed by atoms with Crippen molar-refractivity contribution in [2.24, 2.45) is 5.73 Å². The number of nitrogens with one attached hydrogen (secondary N) is 3. The molecule has 0 unspecified atom stereocenters. The number of carbonyl (C=O) groups excluding carboxylic acids is 2. The summed E-state index contributed by atoms with van der Waals surface area (Å²) in [7, 11) is 0. The van der Waals surface area contributed by atoms with E-state index in [-0.39, 0.29) is 35.9 Å². The van der Waals surface area contributed by atoms with Crippen LogP contribution in [0.1, 0.15) is 18.9 Å². The highest BCUT2D eigenvalue weighted by molar-refractivity contribution is 6.00. The fourth-order valence-electron chi connectivity index (χ4n) is 2.29. The quantitative estimate of drug-likeness (QED) is 0.602. The molecule has 1 aromatic carbocycles. The number of carbonyl (C=O) groups is 2. The summed E-state index contributed by atoms with van der Waals surface area (Å²) in [5, 5.41) is 7.19. The van der Waals surface area contributed by atoms with Crippen LogP contribution in [-0.2, 0) is 11.0 Å². The third-order valence-electron chi connectivity index (χ3n) is 3.70. The van der Waals surface area contributed by atoms with Crippen molar-refractivity contribution in [3.05, 3.63) is 53.5 Å². The summed E-state index contributed by atoms with van der Waals surface area (Å²) in [5.74, 6) is -0.913. The first-order chi connectivity index (χ1) is 12.6. The van der Waals surface area contributed by atoms with Crippen LogP contribution in [0.5, 0.6) is 5.75 Å². The molecule has 0 radical (unpaired) electrons. The fraction of sp³-hybridized carbons (Fsp3) is 0.294. The molecule has 1 aliphatic heterocycles. The number of amides is 3. The third kappa shape index (κ3) is 5.16. The molecule has 0 saturated heterocycles. The first-order valence-corrected chi connectivity index (χ1v) is 7.96. The van der Waals surface area contributed by atoms with Crippen LogP contribution in [0, 0.1) is 0 Å². The first-order valence-electron chi connectivity index (χ1n) is 7.96. The number of halogens is 3. The molecule has 10 heteroatoms. The van der Waals surface area contributed by atoms with Gasteiger partial charge in [0.2, 0.25) is 0 Å². The van der Waals surface area contributed by atoms with Crippen molar-refractivity contribution >= 4 is 11.9 Å². The number of rotatable bonds is 6. The number of hydrogen-bond acceptors (Lipinski definition) is 4. The monoisotopic (exact) mass is 384 g/mol. The van der Waals surface area contributed by atoms with Crippen LogP contribution in [-0.4, -0.2) is 24.6 Å². The van der Waals surface area contributed by atoms with Crippen LogP contribution in [0.25, 0.3) is 0 Å². The zero-order chi connectivity index (χ0) is 20.2. The number of para-hydroxylation sites is 1. The first kappa shape index (κ1) is 20.1. The molecule has 0 bridgehead atoms. The number of ether oxygens (including phenoxy) is 1. The van der Waals surface area contributed by atoms with Gasteiger partial charge in [-0.25, -0.2) is 4.79 Å². The van der Waals surface area contributed by atoms with Gasteiger partial charge in [0.15, 0.2) is 0 Å². The molecule has 3 amide bonds. The topological polar surface area (TPSA) is 105 Å². The van der Waals surface area contributed by atoms with Crippen molar-refractivity contribution in [1.82, 2.24) is 16.0 Å². The molecule has 27 heavy (non-hydrogen) atoms. The van der Waals surface area contributed by atoms with Crippen molar-refractivity contribution in [3.63, 3.8) is 0 Å². The fourth-order valence-corrected chi connectivity index (χ4v) is 2.29. The Hall–Kier alpha value is -3.17. The summed E-state index contributed by atoms with van der Waals surface area (Å²) in [6, 6.07) is 3.79. The summed E-state index contributed by atoms with van der Waals surface area (Å²) in [4.78, 5) is 23.6. The van der Waals surface area contributed by atoms with Crippen molar-refractivity contribution in [1.29, 1.82) is 0 Å². The number of nitrogens with two attached hydrogens (primary N) is 1. The van der Waals surface area contributed by atoms with E-state index in [4.69, 9.17) is 10.5 Å². The molecule has 7 nitrogen and oxygen atoms in total. The number of hydrogen-bond donors (Lipinski definition) is 4. The minimum atomic E-state index is -4.52. The largest absolute Gasteiger partial charge is 0.493 e. The molecule has 0 aliphatic carbocycles. The molecule has 1 heterocycles. The number of urea groups is 1. The zero-order valence-electron chi connectivity index (χ0n) is 14.4. The lowest BCUT2D eigenvalue weighted by Crippen LogP contribution is -2.48. The Morgan fingerprint density at radius 2 is 2.00 bits per heavy atom. The number of benzene rings is 1. The van der Waals surface area contributed by atoms with Gasteiger partial charge in [0.1, 0.15) is 11.4 Å². The molecule has 1 aromatic rings. The van der Waals surface area contributed by atoms with Gasteiger partial charge in [0.05, 0.1) is 23.6 Å². The minimum Gasteiger partial charge on any atom is -0.493 e. The minimum absolute atomic E-state index is 0.00495. The lowest BCUT2D eigenvalue weighted by atomic mass is 10.2. The molecule has 0 aromatic heterocycles. The summed E-state index contributed by atoms with van der Waals surface area (Å²) >= 11 is 0. The van der Waals surface area contributed by atoms with E-state index < -0.39 is 29.7 Å². The molecule has 146 valence electrons. The van der Waals surface area contributed by atoms with Crippen LogP contribution in [0.2, 0.25) is 0 Å².